The number of phenolic OH excluding ortho intramolecular Hbond substituents is 1. The van der Waals surface area contributed by atoms with Gasteiger partial charge in [0.2, 0.25) is 0 Å². The molecule has 5 nitrogen and oxygen atoms in total. The molecule has 1 heterocycles. The fraction of sp³-hybridized carbons (Fsp3) is 0.0909. The van der Waals surface area contributed by atoms with Crippen LogP contribution in [0.3, 0.4) is 0 Å². The number of halogens is 1. The number of carbonyl (C=O) groups excluding carboxylic acids is 1. The first-order valence-electron chi connectivity index (χ1n) is 4.67. The number of ether oxygens (including phenoxy) is 1. The highest BCUT2D eigenvalue weighted by Gasteiger charge is 2.13. The molecule has 17 heavy (non-hydrogen) atoms. The van der Waals surface area contributed by atoms with E-state index < -0.39 is 11.4 Å². The largest absolute Gasteiger partial charge is 0.507 e. The van der Waals surface area contributed by atoms with Crippen molar-refractivity contribution in [2.45, 2.75) is 0 Å². The molecule has 0 saturated carbocycles. The number of fused-ring (bicyclic) bond motifs is 1. The van der Waals surface area contributed by atoms with Crippen molar-refractivity contribution in [1.29, 1.82) is 0 Å². The van der Waals surface area contributed by atoms with Crippen molar-refractivity contribution in [3.63, 3.8) is 0 Å². The number of aromatic amines is 1. The van der Waals surface area contributed by atoms with Crippen molar-refractivity contribution in [1.82, 2.24) is 4.98 Å². The van der Waals surface area contributed by atoms with Gasteiger partial charge in [-0.1, -0.05) is 11.6 Å². The van der Waals surface area contributed by atoms with E-state index in [9.17, 15) is 14.7 Å². The van der Waals surface area contributed by atoms with E-state index in [0.29, 0.717) is 0 Å². The molecule has 0 amide bonds. The summed E-state index contributed by atoms with van der Waals surface area (Å²) in [5, 5.41) is 9.85. The molecule has 0 spiro atoms. The summed E-state index contributed by atoms with van der Waals surface area (Å²) in [6.07, 6.45) is 0. The highest BCUT2D eigenvalue weighted by atomic mass is 35.5. The van der Waals surface area contributed by atoms with Crippen LogP contribution >= 0.6 is 11.6 Å². The lowest BCUT2D eigenvalue weighted by Gasteiger charge is -2.05. The number of benzene rings is 1. The van der Waals surface area contributed by atoms with Gasteiger partial charge in [0.25, 0.3) is 0 Å². The molecule has 0 atom stereocenters. The SMILES string of the molecule is COC(=O)c1cc(=O)c2c(O)ccc(Cl)c2[nH]1. The van der Waals surface area contributed by atoms with Gasteiger partial charge in [0.15, 0.2) is 5.43 Å². The standard InChI is InChI=1S/C11H8ClNO4/c1-17-11(16)6-4-8(15)9-7(14)3-2-5(12)10(9)13-6/h2-4,14H,1H3,(H,13,15). The molecule has 0 aliphatic rings. The van der Waals surface area contributed by atoms with Gasteiger partial charge in [-0.25, -0.2) is 4.79 Å². The van der Waals surface area contributed by atoms with Crippen LogP contribution in [0.2, 0.25) is 5.02 Å². The molecule has 0 unspecified atom stereocenters. The van der Waals surface area contributed by atoms with Gasteiger partial charge in [-0.15, -0.1) is 0 Å². The molecule has 0 bridgehead atoms. The molecule has 88 valence electrons. The van der Waals surface area contributed by atoms with Crippen LogP contribution in [0.1, 0.15) is 10.5 Å². The maximum absolute atomic E-state index is 11.7. The summed E-state index contributed by atoms with van der Waals surface area (Å²) in [6.45, 7) is 0. The molecule has 0 aliphatic heterocycles. The molecule has 0 fully saturated rings. The Labute approximate surface area is 101 Å². The molecule has 2 aromatic rings. The molecule has 1 aromatic carbocycles. The molecule has 6 heteroatoms. The minimum Gasteiger partial charge on any atom is -0.507 e. The average molecular weight is 254 g/mol. The number of phenols is 1. The summed E-state index contributed by atoms with van der Waals surface area (Å²) in [6, 6.07) is 3.80. The summed E-state index contributed by atoms with van der Waals surface area (Å²) in [5.41, 5.74) is -0.309. The molecular weight excluding hydrogens is 246 g/mol. The van der Waals surface area contributed by atoms with Crippen molar-refractivity contribution in [3.8, 4) is 5.75 Å². The van der Waals surface area contributed by atoms with Crippen LogP contribution in [0, 0.1) is 0 Å². The van der Waals surface area contributed by atoms with Crippen molar-refractivity contribution in [2.75, 3.05) is 7.11 Å². The number of carbonyl (C=O) groups is 1. The van der Waals surface area contributed by atoms with Gasteiger partial charge < -0.3 is 14.8 Å². The molecule has 2 N–H and O–H groups in total. The fourth-order valence-electron chi connectivity index (χ4n) is 1.53. The molecule has 2 rings (SSSR count). The molecule has 1 aromatic heterocycles. The van der Waals surface area contributed by atoms with Gasteiger partial charge in [0, 0.05) is 6.07 Å². The topological polar surface area (TPSA) is 79.4 Å². The predicted octanol–water partition coefficient (Wildman–Crippen LogP) is 1.67. The van der Waals surface area contributed by atoms with Crippen LogP contribution in [-0.4, -0.2) is 23.2 Å². The van der Waals surface area contributed by atoms with Crippen LogP contribution in [0.4, 0.5) is 0 Å². The smallest absolute Gasteiger partial charge is 0.354 e. The average Bonchev–Trinajstić information content (AvgIpc) is 2.32. The first-order chi connectivity index (χ1) is 8.04. The Bertz CT molecular complexity index is 662. The summed E-state index contributed by atoms with van der Waals surface area (Å²) in [5.74, 6) is -0.870. The Balaban J connectivity index is 2.87. The van der Waals surface area contributed by atoms with Crippen LogP contribution in [0.15, 0.2) is 23.0 Å². The quantitative estimate of drug-likeness (QED) is 0.758. The van der Waals surface area contributed by atoms with Crippen LogP contribution in [0.25, 0.3) is 10.9 Å². The lowest BCUT2D eigenvalue weighted by atomic mass is 10.1. The zero-order valence-corrected chi connectivity index (χ0v) is 9.54. The van der Waals surface area contributed by atoms with Crippen molar-refractivity contribution in [2.24, 2.45) is 0 Å². The Morgan fingerprint density at radius 3 is 2.82 bits per heavy atom. The van der Waals surface area contributed by atoms with E-state index in [2.05, 4.69) is 9.72 Å². The third kappa shape index (κ3) is 1.85. The third-order valence-electron chi connectivity index (χ3n) is 2.32. The Morgan fingerprint density at radius 1 is 1.47 bits per heavy atom. The number of aromatic nitrogens is 1. The monoisotopic (exact) mass is 253 g/mol. The van der Waals surface area contributed by atoms with Crippen LogP contribution in [0.5, 0.6) is 5.75 Å². The number of hydrogen-bond acceptors (Lipinski definition) is 4. The van der Waals surface area contributed by atoms with Crippen molar-refractivity contribution >= 4 is 28.5 Å². The molecule has 0 radical (unpaired) electrons. The Hall–Kier alpha value is -2.01. The van der Waals surface area contributed by atoms with Gasteiger partial charge in [-0.2, -0.15) is 0 Å². The minimum absolute atomic E-state index is 0.0162. The number of rotatable bonds is 1. The van der Waals surface area contributed by atoms with Crippen molar-refractivity contribution in [3.05, 3.63) is 39.1 Å². The molecule has 0 aliphatic carbocycles. The number of pyridine rings is 1. The minimum atomic E-state index is -0.677. The zero-order valence-electron chi connectivity index (χ0n) is 8.78. The number of hydrogen-bond donors (Lipinski definition) is 2. The Morgan fingerprint density at radius 2 is 2.18 bits per heavy atom. The van der Waals surface area contributed by atoms with E-state index >= 15 is 0 Å². The number of esters is 1. The van der Waals surface area contributed by atoms with E-state index in [-0.39, 0.29) is 27.4 Å². The summed E-state index contributed by atoms with van der Waals surface area (Å²) < 4.78 is 4.50. The van der Waals surface area contributed by atoms with Crippen LogP contribution in [-0.2, 0) is 4.74 Å². The summed E-state index contributed by atoms with van der Waals surface area (Å²) >= 11 is 5.89. The van der Waals surface area contributed by atoms with Gasteiger partial charge in [0.1, 0.15) is 11.4 Å². The highest BCUT2D eigenvalue weighted by molar-refractivity contribution is 6.35. The first kappa shape index (κ1) is 11.5. The fourth-order valence-corrected chi connectivity index (χ4v) is 1.74. The number of aromatic hydroxyl groups is 1. The maximum atomic E-state index is 11.7. The van der Waals surface area contributed by atoms with E-state index in [1.54, 1.807) is 0 Å². The van der Waals surface area contributed by atoms with Gasteiger partial charge in [-0.3, -0.25) is 4.79 Å². The molecular formula is C11H8ClNO4. The van der Waals surface area contributed by atoms with Gasteiger partial charge >= 0.3 is 5.97 Å². The second-order valence-corrected chi connectivity index (χ2v) is 3.76. The second kappa shape index (κ2) is 4.10. The summed E-state index contributed by atoms with van der Waals surface area (Å²) in [7, 11) is 1.20. The number of nitrogens with one attached hydrogen (secondary N) is 1. The maximum Gasteiger partial charge on any atom is 0.354 e. The van der Waals surface area contributed by atoms with Gasteiger partial charge in [0.05, 0.1) is 23.0 Å². The van der Waals surface area contributed by atoms with Crippen LogP contribution < -0.4 is 5.43 Å². The molecule has 0 saturated heterocycles. The number of methoxy groups -OCH3 is 1. The predicted molar refractivity (Wildman–Crippen MR) is 62.6 cm³/mol. The lowest BCUT2D eigenvalue weighted by Crippen LogP contribution is -2.11. The van der Waals surface area contributed by atoms with E-state index in [0.717, 1.165) is 6.07 Å². The highest BCUT2D eigenvalue weighted by Crippen LogP contribution is 2.26. The normalized spacial score (nSPS) is 10.5. The van der Waals surface area contributed by atoms with E-state index in [4.69, 9.17) is 11.6 Å². The zero-order chi connectivity index (χ0) is 12.6. The Kier molecular flexibility index (Phi) is 2.77. The van der Waals surface area contributed by atoms with E-state index in [1.807, 2.05) is 0 Å². The lowest BCUT2D eigenvalue weighted by molar-refractivity contribution is 0.0594. The third-order valence-corrected chi connectivity index (χ3v) is 2.63. The van der Waals surface area contributed by atoms with Crippen molar-refractivity contribution < 1.29 is 14.6 Å². The second-order valence-electron chi connectivity index (χ2n) is 3.36. The first-order valence-corrected chi connectivity index (χ1v) is 5.05. The van der Waals surface area contributed by atoms with Gasteiger partial charge in [-0.05, 0) is 12.1 Å². The number of H-pyrrole nitrogens is 1. The van der Waals surface area contributed by atoms with E-state index in [1.165, 1.54) is 19.2 Å². The summed E-state index contributed by atoms with van der Waals surface area (Å²) in [4.78, 5) is 25.7.